The van der Waals surface area contributed by atoms with Crippen LogP contribution in [0.15, 0.2) is 28.8 Å². The molecule has 0 bridgehead atoms. The Kier molecular flexibility index (Phi) is 8.54. The average molecular weight is 486 g/mol. The number of hydrogen-bond acceptors (Lipinski definition) is 2. The number of allylic oxidation sites excluding steroid dienone is 2. The van der Waals surface area contributed by atoms with Gasteiger partial charge in [0.2, 0.25) is 0 Å². The number of halogens is 3. The van der Waals surface area contributed by atoms with Crippen LogP contribution in [0.3, 0.4) is 0 Å². The van der Waals surface area contributed by atoms with Crippen molar-refractivity contribution in [1.29, 1.82) is 0 Å². The maximum absolute atomic E-state index is 15.1. The molecule has 0 saturated heterocycles. The molecule has 0 spiro atoms. The summed E-state index contributed by atoms with van der Waals surface area (Å²) in [5.74, 6) is 0.534. The molecule has 2 rings (SSSR count). The monoisotopic (exact) mass is 484 g/mol. The third-order valence-electron chi connectivity index (χ3n) is 5.44. The van der Waals surface area contributed by atoms with Crippen molar-refractivity contribution in [1.82, 2.24) is 0 Å². The Morgan fingerprint density at radius 2 is 2.03 bits per heavy atom. The number of benzene rings is 1. The first-order chi connectivity index (χ1) is 13.7. The van der Waals surface area contributed by atoms with E-state index in [4.69, 9.17) is 16.3 Å². The second kappa shape index (κ2) is 10.3. The Morgan fingerprint density at radius 1 is 1.34 bits per heavy atom. The highest BCUT2D eigenvalue weighted by Crippen LogP contribution is 2.44. The van der Waals surface area contributed by atoms with Gasteiger partial charge in [0.05, 0.1) is 21.5 Å². The van der Waals surface area contributed by atoms with E-state index < -0.39 is 11.4 Å². The minimum atomic E-state index is -0.572. The van der Waals surface area contributed by atoms with Crippen LogP contribution in [-0.2, 0) is 16.0 Å². The molecule has 1 heterocycles. The predicted octanol–water partition coefficient (Wildman–Crippen LogP) is 8.06. The van der Waals surface area contributed by atoms with Crippen molar-refractivity contribution < 1.29 is 13.9 Å². The molecule has 0 aliphatic carbocycles. The molecular formula is C24H31BrClFO2. The van der Waals surface area contributed by atoms with Crippen LogP contribution in [0.1, 0.15) is 77.3 Å². The van der Waals surface area contributed by atoms with Crippen LogP contribution >= 0.6 is 27.5 Å². The summed E-state index contributed by atoms with van der Waals surface area (Å²) in [6.45, 7) is 12.2. The van der Waals surface area contributed by atoms with Gasteiger partial charge in [-0.25, -0.2) is 4.39 Å². The first kappa shape index (κ1) is 24.1. The summed E-state index contributed by atoms with van der Waals surface area (Å²) in [5, 5.41) is 0.262. The van der Waals surface area contributed by atoms with Gasteiger partial charge in [-0.15, -0.1) is 0 Å². The lowest BCUT2D eigenvalue weighted by atomic mass is 9.80. The van der Waals surface area contributed by atoms with Crippen molar-refractivity contribution in [2.24, 2.45) is 5.92 Å². The standard InChI is InChI=1S/C24H31BrClFO2/c1-6-9-17-18(13-19(26)21(25)22(17)27)23-16(8-3)20(28)14-24(29-23,11-7-2)12-10-15(4)5/h8,13,15H,3,6-7,9-12,14H2,1-2,4-5H3. The Morgan fingerprint density at radius 3 is 2.59 bits per heavy atom. The van der Waals surface area contributed by atoms with Crippen molar-refractivity contribution in [2.75, 3.05) is 0 Å². The SMILES string of the molecule is C=CC1=C(c2cc(Cl)c(Br)c(F)c2CCC)OC(CCC)(CCC(C)C)CC1=O. The maximum Gasteiger partial charge on any atom is 0.170 e. The molecule has 0 radical (unpaired) electrons. The van der Waals surface area contributed by atoms with E-state index in [0.29, 0.717) is 41.2 Å². The van der Waals surface area contributed by atoms with Gasteiger partial charge in [0.1, 0.15) is 17.2 Å². The van der Waals surface area contributed by atoms with E-state index in [-0.39, 0.29) is 15.3 Å². The number of carbonyl (C=O) groups excluding carboxylic acids is 1. The molecule has 1 aromatic carbocycles. The zero-order valence-electron chi connectivity index (χ0n) is 17.8. The van der Waals surface area contributed by atoms with Crippen LogP contribution in [0.2, 0.25) is 5.02 Å². The van der Waals surface area contributed by atoms with E-state index in [2.05, 4.69) is 43.3 Å². The summed E-state index contributed by atoms with van der Waals surface area (Å²) in [7, 11) is 0. The fourth-order valence-corrected chi connectivity index (χ4v) is 4.52. The van der Waals surface area contributed by atoms with Gasteiger partial charge in [-0.3, -0.25) is 4.79 Å². The predicted molar refractivity (Wildman–Crippen MR) is 123 cm³/mol. The van der Waals surface area contributed by atoms with Gasteiger partial charge in [0.25, 0.3) is 0 Å². The summed E-state index contributed by atoms with van der Waals surface area (Å²) >= 11 is 9.54. The summed E-state index contributed by atoms with van der Waals surface area (Å²) in [6, 6.07) is 1.70. The van der Waals surface area contributed by atoms with Crippen LogP contribution in [0.4, 0.5) is 4.39 Å². The summed E-state index contributed by atoms with van der Waals surface area (Å²) in [5.41, 5.74) is 0.918. The van der Waals surface area contributed by atoms with Crippen LogP contribution in [-0.4, -0.2) is 11.4 Å². The topological polar surface area (TPSA) is 26.3 Å². The van der Waals surface area contributed by atoms with E-state index in [1.807, 2.05) is 6.92 Å². The molecule has 0 amide bonds. The molecule has 2 nitrogen and oxygen atoms in total. The van der Waals surface area contributed by atoms with Crippen molar-refractivity contribution in [3.8, 4) is 0 Å². The Balaban J connectivity index is 2.67. The smallest absolute Gasteiger partial charge is 0.170 e. The van der Waals surface area contributed by atoms with E-state index >= 15 is 4.39 Å². The van der Waals surface area contributed by atoms with Gasteiger partial charge in [-0.2, -0.15) is 0 Å². The first-order valence-corrected chi connectivity index (χ1v) is 11.6. The number of ketones is 1. The van der Waals surface area contributed by atoms with Gasteiger partial charge >= 0.3 is 0 Å². The van der Waals surface area contributed by atoms with Crippen molar-refractivity contribution in [2.45, 2.75) is 78.2 Å². The van der Waals surface area contributed by atoms with Crippen molar-refractivity contribution >= 4 is 39.1 Å². The van der Waals surface area contributed by atoms with Crippen molar-refractivity contribution in [3.05, 3.63) is 50.7 Å². The summed E-state index contributed by atoms with van der Waals surface area (Å²) < 4.78 is 21.9. The second-order valence-corrected chi connectivity index (χ2v) is 9.48. The molecule has 0 fully saturated rings. The van der Waals surface area contributed by atoms with E-state index in [9.17, 15) is 4.79 Å². The molecule has 5 heteroatoms. The lowest BCUT2D eigenvalue weighted by Gasteiger charge is -2.40. The molecule has 1 atom stereocenters. The zero-order valence-corrected chi connectivity index (χ0v) is 20.2. The minimum Gasteiger partial charge on any atom is -0.485 e. The number of ether oxygens (including phenoxy) is 1. The lowest BCUT2D eigenvalue weighted by Crippen LogP contribution is -2.39. The summed E-state index contributed by atoms with van der Waals surface area (Å²) in [6.07, 6.45) is 6.56. The van der Waals surface area contributed by atoms with Gasteiger partial charge in [0.15, 0.2) is 5.78 Å². The molecule has 1 aromatic rings. The van der Waals surface area contributed by atoms with E-state index in [1.54, 1.807) is 6.07 Å². The maximum atomic E-state index is 15.1. The van der Waals surface area contributed by atoms with Gasteiger partial charge < -0.3 is 4.74 Å². The average Bonchev–Trinajstić information content (AvgIpc) is 2.66. The minimum absolute atomic E-state index is 0.000328. The Bertz CT molecular complexity index is 816. The molecule has 0 saturated carbocycles. The Labute approximate surface area is 187 Å². The molecule has 29 heavy (non-hydrogen) atoms. The Hall–Kier alpha value is -1.13. The molecule has 1 aliphatic rings. The highest BCUT2D eigenvalue weighted by molar-refractivity contribution is 9.10. The third-order valence-corrected chi connectivity index (χ3v) is 6.74. The second-order valence-electron chi connectivity index (χ2n) is 8.28. The normalized spacial score (nSPS) is 19.7. The van der Waals surface area contributed by atoms with Crippen molar-refractivity contribution in [3.63, 3.8) is 0 Å². The molecule has 1 unspecified atom stereocenters. The quantitative estimate of drug-likeness (QED) is 0.331. The van der Waals surface area contributed by atoms with Crippen LogP contribution < -0.4 is 0 Å². The van der Waals surface area contributed by atoms with Gasteiger partial charge in [-0.1, -0.05) is 64.8 Å². The van der Waals surface area contributed by atoms with Gasteiger partial charge in [0, 0.05) is 11.1 Å². The van der Waals surface area contributed by atoms with Gasteiger partial charge in [-0.05, 0) is 53.6 Å². The van der Waals surface area contributed by atoms with Crippen LogP contribution in [0.25, 0.3) is 5.76 Å². The number of rotatable bonds is 9. The lowest BCUT2D eigenvalue weighted by molar-refractivity contribution is -0.123. The van der Waals surface area contributed by atoms with E-state index in [0.717, 1.165) is 32.1 Å². The zero-order chi connectivity index (χ0) is 21.8. The molecule has 0 N–H and O–H groups in total. The highest BCUT2D eigenvalue weighted by atomic mass is 79.9. The third kappa shape index (κ3) is 5.32. The highest BCUT2D eigenvalue weighted by Gasteiger charge is 2.41. The fraction of sp³-hybridized carbons (Fsp3) is 0.542. The molecular weight excluding hydrogens is 455 g/mol. The van der Waals surface area contributed by atoms with Crippen LogP contribution in [0.5, 0.6) is 0 Å². The first-order valence-electron chi connectivity index (χ1n) is 10.4. The van der Waals surface area contributed by atoms with E-state index in [1.165, 1.54) is 6.08 Å². The fourth-order valence-electron chi connectivity index (χ4n) is 3.97. The van der Waals surface area contributed by atoms with Crippen LogP contribution in [0, 0.1) is 11.7 Å². The largest absolute Gasteiger partial charge is 0.485 e. The number of carbonyl (C=O) groups is 1. The molecule has 160 valence electrons. The number of Topliss-reactive ketones (excluding diaryl/α,β-unsaturated/α-hetero) is 1. The summed E-state index contributed by atoms with van der Waals surface area (Å²) in [4.78, 5) is 13.1. The molecule has 0 aromatic heterocycles. The molecule has 1 aliphatic heterocycles. The number of hydrogen-bond donors (Lipinski definition) is 0.